The minimum atomic E-state index is -0.209. The number of benzene rings is 3. The van der Waals surface area contributed by atoms with E-state index in [1.54, 1.807) is 16.7 Å². The van der Waals surface area contributed by atoms with E-state index in [-0.39, 0.29) is 17.2 Å². The van der Waals surface area contributed by atoms with Crippen molar-refractivity contribution in [3.8, 4) is 16.8 Å². The Balaban J connectivity index is 1.58. The molecule has 6 nitrogen and oxygen atoms in total. The maximum absolute atomic E-state index is 14.0. The molecule has 3 aromatic carbocycles. The number of aromatic nitrogens is 3. The highest BCUT2D eigenvalue weighted by Gasteiger charge is 2.20. The van der Waals surface area contributed by atoms with E-state index in [2.05, 4.69) is 12.2 Å². The van der Waals surface area contributed by atoms with Gasteiger partial charge in [-0.3, -0.25) is 14.2 Å². The number of halogens is 1. The van der Waals surface area contributed by atoms with Gasteiger partial charge in [-0.1, -0.05) is 78.8 Å². The van der Waals surface area contributed by atoms with Gasteiger partial charge >= 0.3 is 0 Å². The standard InChI is InChI=1S/C30H27ClN4O2S/c1-4-20-13-15-22(16-14-20)35-29(37)28-27(23(17-34(28)3)21-9-6-5-7-10-21)33-30(35)38-18-26(36)32-25-12-8-11-24(31)19(25)2/h5-17H,4,18H2,1-3H3,(H,32,36). The maximum Gasteiger partial charge on any atom is 0.283 e. The predicted molar refractivity (Wildman–Crippen MR) is 157 cm³/mol. The van der Waals surface area contributed by atoms with Gasteiger partial charge in [-0.25, -0.2) is 4.98 Å². The molecule has 0 aliphatic heterocycles. The van der Waals surface area contributed by atoms with E-state index in [4.69, 9.17) is 16.6 Å². The number of anilines is 1. The summed E-state index contributed by atoms with van der Waals surface area (Å²) in [4.78, 5) is 31.9. The summed E-state index contributed by atoms with van der Waals surface area (Å²) in [5, 5.41) is 3.96. The Morgan fingerprint density at radius 1 is 1.03 bits per heavy atom. The summed E-state index contributed by atoms with van der Waals surface area (Å²) in [5.41, 5.74) is 6.12. The minimum Gasteiger partial charge on any atom is -0.344 e. The smallest absolute Gasteiger partial charge is 0.283 e. The summed E-state index contributed by atoms with van der Waals surface area (Å²) in [5.74, 6) is -0.135. The molecule has 0 aliphatic carbocycles. The van der Waals surface area contributed by atoms with Crippen molar-refractivity contribution in [2.75, 3.05) is 11.1 Å². The van der Waals surface area contributed by atoms with E-state index < -0.39 is 0 Å². The van der Waals surface area contributed by atoms with Gasteiger partial charge in [-0.05, 0) is 54.3 Å². The molecule has 1 amide bonds. The molecule has 38 heavy (non-hydrogen) atoms. The Labute approximate surface area is 230 Å². The van der Waals surface area contributed by atoms with Crippen molar-refractivity contribution in [3.05, 3.63) is 105 Å². The van der Waals surface area contributed by atoms with Crippen molar-refractivity contribution in [2.24, 2.45) is 7.05 Å². The number of nitrogens with zero attached hydrogens (tertiary/aromatic N) is 3. The number of nitrogens with one attached hydrogen (secondary N) is 1. The molecule has 0 saturated carbocycles. The first kappa shape index (κ1) is 25.8. The molecule has 5 aromatic rings. The highest BCUT2D eigenvalue weighted by atomic mass is 35.5. The van der Waals surface area contributed by atoms with Crippen LogP contribution in [-0.2, 0) is 18.3 Å². The number of carbonyl (C=O) groups is 1. The second-order valence-corrected chi connectivity index (χ2v) is 10.4. The Morgan fingerprint density at radius 3 is 2.47 bits per heavy atom. The van der Waals surface area contributed by atoms with Gasteiger partial charge in [0.2, 0.25) is 5.91 Å². The van der Waals surface area contributed by atoms with Crippen molar-refractivity contribution >= 4 is 46.0 Å². The third-order valence-corrected chi connectivity index (χ3v) is 7.87. The second kappa shape index (κ2) is 10.9. The lowest BCUT2D eigenvalue weighted by Crippen LogP contribution is -2.24. The number of carbonyl (C=O) groups excluding carboxylic acids is 1. The molecule has 2 aromatic heterocycles. The molecule has 0 unspecified atom stereocenters. The van der Waals surface area contributed by atoms with Crippen LogP contribution in [0, 0.1) is 6.92 Å². The zero-order valence-corrected chi connectivity index (χ0v) is 22.9. The minimum absolute atomic E-state index is 0.0739. The molecule has 0 fully saturated rings. The summed E-state index contributed by atoms with van der Waals surface area (Å²) in [6, 6.07) is 23.1. The first-order valence-corrected chi connectivity index (χ1v) is 13.7. The molecular weight excluding hydrogens is 516 g/mol. The first-order valence-electron chi connectivity index (χ1n) is 12.3. The van der Waals surface area contributed by atoms with Gasteiger partial charge in [0.05, 0.1) is 11.4 Å². The lowest BCUT2D eigenvalue weighted by Gasteiger charge is -2.14. The van der Waals surface area contributed by atoms with Crippen molar-refractivity contribution in [2.45, 2.75) is 25.4 Å². The second-order valence-electron chi connectivity index (χ2n) is 9.02. The number of amides is 1. The van der Waals surface area contributed by atoms with Crippen LogP contribution in [0.15, 0.2) is 88.9 Å². The molecule has 0 bridgehead atoms. The van der Waals surface area contributed by atoms with E-state index in [1.165, 1.54) is 17.3 Å². The SMILES string of the molecule is CCc1ccc(-n2c(SCC(=O)Nc3cccc(Cl)c3C)nc3c(-c4ccccc4)cn(C)c3c2=O)cc1. The topological polar surface area (TPSA) is 68.9 Å². The summed E-state index contributed by atoms with van der Waals surface area (Å²) in [6.07, 6.45) is 2.83. The van der Waals surface area contributed by atoms with Gasteiger partial charge < -0.3 is 9.88 Å². The maximum atomic E-state index is 14.0. The Morgan fingerprint density at radius 2 is 1.76 bits per heavy atom. The number of hydrogen-bond acceptors (Lipinski definition) is 4. The summed E-state index contributed by atoms with van der Waals surface area (Å²) >= 11 is 7.44. The van der Waals surface area contributed by atoms with Crippen LogP contribution < -0.4 is 10.9 Å². The molecule has 0 saturated heterocycles. The van der Waals surface area contributed by atoms with E-state index >= 15 is 0 Å². The van der Waals surface area contributed by atoms with Crippen LogP contribution in [-0.4, -0.2) is 25.8 Å². The van der Waals surface area contributed by atoms with E-state index in [0.29, 0.717) is 32.6 Å². The monoisotopic (exact) mass is 542 g/mol. The average Bonchev–Trinajstić information content (AvgIpc) is 3.27. The summed E-state index contributed by atoms with van der Waals surface area (Å²) in [7, 11) is 1.86. The Kier molecular flexibility index (Phi) is 7.40. The molecule has 1 N–H and O–H groups in total. The van der Waals surface area contributed by atoms with E-state index in [9.17, 15) is 9.59 Å². The number of hydrogen-bond donors (Lipinski definition) is 1. The van der Waals surface area contributed by atoms with Gasteiger partial charge in [0.25, 0.3) is 5.56 Å². The van der Waals surface area contributed by atoms with E-state index in [1.807, 2.05) is 85.4 Å². The van der Waals surface area contributed by atoms with Gasteiger partial charge in [-0.2, -0.15) is 0 Å². The van der Waals surface area contributed by atoms with Gasteiger partial charge in [0.15, 0.2) is 5.16 Å². The zero-order valence-electron chi connectivity index (χ0n) is 21.4. The zero-order chi connectivity index (χ0) is 26.8. The Hall–Kier alpha value is -3.81. The third kappa shape index (κ3) is 4.99. The predicted octanol–water partition coefficient (Wildman–Crippen LogP) is 6.65. The van der Waals surface area contributed by atoms with Gasteiger partial charge in [0, 0.05) is 29.5 Å². The quantitative estimate of drug-likeness (QED) is 0.185. The third-order valence-electron chi connectivity index (χ3n) is 6.52. The fraction of sp³-hybridized carbons (Fsp3) is 0.167. The summed E-state index contributed by atoms with van der Waals surface area (Å²) < 4.78 is 3.42. The van der Waals surface area contributed by atoms with Crippen LogP contribution in [0.1, 0.15) is 18.1 Å². The van der Waals surface area contributed by atoms with Crippen molar-refractivity contribution in [1.82, 2.24) is 14.1 Å². The molecule has 8 heteroatoms. The molecule has 0 atom stereocenters. The number of fused-ring (bicyclic) bond motifs is 1. The lowest BCUT2D eigenvalue weighted by atomic mass is 10.1. The van der Waals surface area contributed by atoms with Gasteiger partial charge in [0.1, 0.15) is 11.0 Å². The van der Waals surface area contributed by atoms with Crippen molar-refractivity contribution in [1.29, 1.82) is 0 Å². The van der Waals surface area contributed by atoms with Crippen LogP contribution in [0.5, 0.6) is 0 Å². The highest BCUT2D eigenvalue weighted by molar-refractivity contribution is 7.99. The molecule has 0 aliphatic rings. The number of rotatable bonds is 7. The van der Waals surface area contributed by atoms with Crippen LogP contribution >= 0.6 is 23.4 Å². The molecular formula is C30H27ClN4O2S. The summed E-state index contributed by atoms with van der Waals surface area (Å²) in [6.45, 7) is 3.95. The molecule has 0 radical (unpaired) electrons. The highest BCUT2D eigenvalue weighted by Crippen LogP contribution is 2.30. The number of thioether (sulfide) groups is 1. The average molecular weight is 543 g/mol. The largest absolute Gasteiger partial charge is 0.344 e. The first-order chi connectivity index (χ1) is 18.4. The van der Waals surface area contributed by atoms with Crippen LogP contribution in [0.25, 0.3) is 27.8 Å². The van der Waals surface area contributed by atoms with Crippen LogP contribution in [0.2, 0.25) is 5.02 Å². The number of aryl methyl sites for hydroxylation is 2. The normalized spacial score (nSPS) is 11.2. The molecule has 0 spiro atoms. The van der Waals surface area contributed by atoms with E-state index in [0.717, 1.165) is 23.1 Å². The molecule has 2 heterocycles. The van der Waals surface area contributed by atoms with Crippen molar-refractivity contribution in [3.63, 3.8) is 0 Å². The molecule has 192 valence electrons. The van der Waals surface area contributed by atoms with Crippen LogP contribution in [0.4, 0.5) is 5.69 Å². The fourth-order valence-electron chi connectivity index (χ4n) is 4.41. The van der Waals surface area contributed by atoms with Crippen molar-refractivity contribution < 1.29 is 4.79 Å². The fourth-order valence-corrected chi connectivity index (χ4v) is 5.39. The molecule has 5 rings (SSSR count). The van der Waals surface area contributed by atoms with Gasteiger partial charge in [-0.15, -0.1) is 0 Å². The Bertz CT molecular complexity index is 1690. The lowest BCUT2D eigenvalue weighted by molar-refractivity contribution is -0.113. The van der Waals surface area contributed by atoms with Crippen LogP contribution in [0.3, 0.4) is 0 Å².